The summed E-state index contributed by atoms with van der Waals surface area (Å²) in [6.07, 6.45) is 9.37. The van der Waals surface area contributed by atoms with Gasteiger partial charge in [0.05, 0.1) is 13.0 Å². The van der Waals surface area contributed by atoms with E-state index >= 15 is 0 Å². The van der Waals surface area contributed by atoms with E-state index in [9.17, 15) is 14.4 Å². The molecule has 0 aromatic heterocycles. The van der Waals surface area contributed by atoms with E-state index < -0.39 is 5.54 Å². The molecule has 1 saturated carbocycles. The maximum absolute atomic E-state index is 13.8. The standard InChI is InChI=1S/C21H30N4O3/c1-14(2)22-19(27)13-24(16-9-5-6-10-16)20(28)21(4)12-18(26)23-17-11-7-8-15(3)25(17)21/h7-8,11,14,16H,5-6,9-10,12-13H2,1-4H3,(H,22,27)/t21-/m0/s1. The van der Waals surface area contributed by atoms with E-state index in [1.54, 1.807) is 17.9 Å². The Balaban J connectivity index is 1.93. The van der Waals surface area contributed by atoms with Crippen LogP contribution in [0.5, 0.6) is 0 Å². The van der Waals surface area contributed by atoms with Crippen LogP contribution in [0.15, 0.2) is 28.9 Å². The van der Waals surface area contributed by atoms with Crippen molar-refractivity contribution in [1.82, 2.24) is 15.1 Å². The maximum Gasteiger partial charge on any atom is 0.250 e. The van der Waals surface area contributed by atoms with Crippen LogP contribution in [0.25, 0.3) is 0 Å². The van der Waals surface area contributed by atoms with Gasteiger partial charge in [-0.05, 0) is 52.7 Å². The SMILES string of the molecule is CC1=CC=CC2=NC(=O)C[C@@](C)(C(=O)N(CC(=O)NC(C)C)C3CCCC3)N12. The zero-order valence-electron chi connectivity index (χ0n) is 17.2. The number of amidine groups is 1. The fourth-order valence-corrected chi connectivity index (χ4v) is 4.46. The number of hydrogen-bond acceptors (Lipinski definition) is 4. The first-order chi connectivity index (χ1) is 13.2. The number of aliphatic imine (C=N–C) groups is 1. The number of nitrogens with one attached hydrogen (secondary N) is 1. The van der Waals surface area contributed by atoms with Crippen molar-refractivity contribution in [2.24, 2.45) is 4.99 Å². The highest BCUT2D eigenvalue weighted by Crippen LogP contribution is 2.35. The summed E-state index contributed by atoms with van der Waals surface area (Å²) in [5, 5.41) is 2.88. The van der Waals surface area contributed by atoms with Crippen molar-refractivity contribution in [3.63, 3.8) is 0 Å². The summed E-state index contributed by atoms with van der Waals surface area (Å²) in [5.74, 6) is -0.160. The van der Waals surface area contributed by atoms with Crippen LogP contribution in [0, 0.1) is 0 Å². The minimum absolute atomic E-state index is 0.00335. The molecule has 0 bridgehead atoms. The van der Waals surface area contributed by atoms with Gasteiger partial charge in [-0.3, -0.25) is 14.4 Å². The van der Waals surface area contributed by atoms with E-state index in [2.05, 4.69) is 10.3 Å². The average Bonchev–Trinajstić information content (AvgIpc) is 3.12. The Morgan fingerprint density at radius 2 is 2.04 bits per heavy atom. The van der Waals surface area contributed by atoms with Crippen molar-refractivity contribution in [3.05, 3.63) is 23.9 Å². The second kappa shape index (κ2) is 7.89. The highest BCUT2D eigenvalue weighted by atomic mass is 16.2. The van der Waals surface area contributed by atoms with E-state index in [1.807, 2.05) is 37.8 Å². The van der Waals surface area contributed by atoms with Crippen LogP contribution in [0.3, 0.4) is 0 Å². The van der Waals surface area contributed by atoms with E-state index in [0.29, 0.717) is 5.84 Å². The molecule has 28 heavy (non-hydrogen) atoms. The lowest BCUT2D eigenvalue weighted by Gasteiger charge is -2.47. The van der Waals surface area contributed by atoms with Gasteiger partial charge in [-0.15, -0.1) is 0 Å². The minimum Gasteiger partial charge on any atom is -0.352 e. The van der Waals surface area contributed by atoms with Gasteiger partial charge in [-0.1, -0.05) is 18.9 Å². The van der Waals surface area contributed by atoms with Crippen LogP contribution < -0.4 is 5.32 Å². The van der Waals surface area contributed by atoms with Gasteiger partial charge in [0.25, 0.3) is 5.91 Å². The van der Waals surface area contributed by atoms with Gasteiger partial charge in [0.1, 0.15) is 11.4 Å². The molecule has 2 aliphatic heterocycles. The second-order valence-electron chi connectivity index (χ2n) is 8.41. The van der Waals surface area contributed by atoms with E-state index in [4.69, 9.17) is 0 Å². The average molecular weight is 386 g/mol. The molecule has 0 aromatic rings. The van der Waals surface area contributed by atoms with Crippen molar-refractivity contribution in [2.75, 3.05) is 6.54 Å². The van der Waals surface area contributed by atoms with E-state index in [1.165, 1.54) is 0 Å². The molecule has 1 aliphatic carbocycles. The fourth-order valence-electron chi connectivity index (χ4n) is 4.46. The Kier molecular flexibility index (Phi) is 5.72. The van der Waals surface area contributed by atoms with Crippen molar-refractivity contribution in [1.29, 1.82) is 0 Å². The number of amides is 3. The summed E-state index contributed by atoms with van der Waals surface area (Å²) in [5.41, 5.74) is -0.220. The molecule has 1 N–H and O–H groups in total. The van der Waals surface area contributed by atoms with Crippen LogP contribution in [0.2, 0.25) is 0 Å². The predicted octanol–water partition coefficient (Wildman–Crippen LogP) is 2.15. The summed E-state index contributed by atoms with van der Waals surface area (Å²) in [6, 6.07) is 0.0419. The van der Waals surface area contributed by atoms with Crippen molar-refractivity contribution in [3.8, 4) is 0 Å². The minimum atomic E-state index is -1.08. The van der Waals surface area contributed by atoms with E-state index in [-0.39, 0.29) is 42.8 Å². The second-order valence-corrected chi connectivity index (χ2v) is 8.41. The normalized spacial score (nSPS) is 24.8. The lowest BCUT2D eigenvalue weighted by Crippen LogP contribution is -2.64. The number of carbonyl (C=O) groups is 3. The Labute approximate surface area is 166 Å². The smallest absolute Gasteiger partial charge is 0.250 e. The van der Waals surface area contributed by atoms with Crippen LogP contribution >= 0.6 is 0 Å². The third-order valence-corrected chi connectivity index (χ3v) is 5.64. The molecule has 3 rings (SSSR count). The van der Waals surface area contributed by atoms with Gasteiger partial charge in [-0.2, -0.15) is 4.99 Å². The molecule has 0 aromatic carbocycles. The van der Waals surface area contributed by atoms with E-state index in [0.717, 1.165) is 31.4 Å². The lowest BCUT2D eigenvalue weighted by molar-refractivity contribution is -0.148. The maximum atomic E-state index is 13.8. The summed E-state index contributed by atoms with van der Waals surface area (Å²) in [7, 11) is 0. The number of rotatable bonds is 5. The van der Waals surface area contributed by atoms with Crippen molar-refractivity contribution < 1.29 is 14.4 Å². The molecular formula is C21H30N4O3. The Hall–Kier alpha value is -2.44. The van der Waals surface area contributed by atoms with Crippen LogP contribution in [-0.2, 0) is 14.4 Å². The summed E-state index contributed by atoms with van der Waals surface area (Å²) in [6.45, 7) is 7.52. The topological polar surface area (TPSA) is 82.1 Å². The molecule has 152 valence electrons. The zero-order chi connectivity index (χ0) is 20.5. The predicted molar refractivity (Wildman–Crippen MR) is 107 cm³/mol. The number of fused-ring (bicyclic) bond motifs is 1. The summed E-state index contributed by atoms with van der Waals surface area (Å²) < 4.78 is 0. The van der Waals surface area contributed by atoms with Gasteiger partial charge in [-0.25, -0.2) is 0 Å². The molecule has 1 atom stereocenters. The zero-order valence-corrected chi connectivity index (χ0v) is 17.2. The number of carbonyl (C=O) groups excluding carboxylic acids is 3. The number of nitrogens with zero attached hydrogens (tertiary/aromatic N) is 3. The quantitative estimate of drug-likeness (QED) is 0.785. The highest BCUT2D eigenvalue weighted by Gasteiger charge is 2.50. The number of hydrogen-bond donors (Lipinski definition) is 1. The number of allylic oxidation sites excluding steroid dienone is 3. The summed E-state index contributed by atoms with van der Waals surface area (Å²) >= 11 is 0. The van der Waals surface area contributed by atoms with Gasteiger partial charge in [0.15, 0.2) is 0 Å². The van der Waals surface area contributed by atoms with Gasteiger partial charge >= 0.3 is 0 Å². The Morgan fingerprint density at radius 3 is 2.68 bits per heavy atom. The Morgan fingerprint density at radius 1 is 1.36 bits per heavy atom. The van der Waals surface area contributed by atoms with Crippen molar-refractivity contribution >= 4 is 23.6 Å². The van der Waals surface area contributed by atoms with Crippen molar-refractivity contribution in [2.45, 2.75) is 77.4 Å². The first kappa shape index (κ1) is 20.3. The molecule has 7 heteroatoms. The molecule has 0 unspecified atom stereocenters. The molecule has 3 amide bonds. The summed E-state index contributed by atoms with van der Waals surface area (Å²) in [4.78, 5) is 46.3. The third kappa shape index (κ3) is 3.88. The van der Waals surface area contributed by atoms with Gasteiger partial charge in [0, 0.05) is 17.8 Å². The van der Waals surface area contributed by atoms with Crippen LogP contribution in [0.4, 0.5) is 0 Å². The largest absolute Gasteiger partial charge is 0.352 e. The van der Waals surface area contributed by atoms with Crippen LogP contribution in [-0.4, -0.2) is 57.5 Å². The molecular weight excluding hydrogens is 356 g/mol. The molecule has 0 spiro atoms. The lowest BCUT2D eigenvalue weighted by atomic mass is 9.88. The molecule has 2 heterocycles. The monoisotopic (exact) mass is 386 g/mol. The molecule has 1 fully saturated rings. The third-order valence-electron chi connectivity index (χ3n) is 5.64. The van der Waals surface area contributed by atoms with Crippen LogP contribution in [0.1, 0.15) is 59.8 Å². The molecule has 7 nitrogen and oxygen atoms in total. The molecule has 0 saturated heterocycles. The first-order valence-corrected chi connectivity index (χ1v) is 10.1. The molecule has 0 radical (unpaired) electrons. The fraction of sp³-hybridized carbons (Fsp3) is 0.619. The first-order valence-electron chi connectivity index (χ1n) is 10.1. The molecule has 3 aliphatic rings. The highest BCUT2D eigenvalue weighted by molar-refractivity contribution is 6.10. The van der Waals surface area contributed by atoms with Gasteiger partial charge < -0.3 is 15.1 Å². The van der Waals surface area contributed by atoms with Gasteiger partial charge in [0.2, 0.25) is 11.8 Å². The Bertz CT molecular complexity index is 762.